The highest BCUT2D eigenvalue weighted by Gasteiger charge is 2.29. The molecule has 1 N–H and O–H groups in total. The maximum absolute atomic E-state index is 5.50. The van der Waals surface area contributed by atoms with Crippen LogP contribution in [0.15, 0.2) is 21.2 Å². The largest absolute Gasteiger partial charge is 0.466 e. The zero-order valence-electron chi connectivity index (χ0n) is 9.23. The van der Waals surface area contributed by atoms with Gasteiger partial charge >= 0.3 is 0 Å². The molecule has 3 heteroatoms. The van der Waals surface area contributed by atoms with Gasteiger partial charge in [-0.2, -0.15) is 0 Å². The van der Waals surface area contributed by atoms with E-state index in [1.165, 1.54) is 0 Å². The van der Waals surface area contributed by atoms with E-state index in [1.807, 2.05) is 6.07 Å². The van der Waals surface area contributed by atoms with Crippen LogP contribution in [0, 0.1) is 5.41 Å². The van der Waals surface area contributed by atoms with Gasteiger partial charge in [0, 0.05) is 0 Å². The third-order valence-electron chi connectivity index (χ3n) is 2.18. The Kier molecular flexibility index (Phi) is 3.78. The highest BCUT2D eigenvalue weighted by molar-refractivity contribution is 9.10. The highest BCUT2D eigenvalue weighted by atomic mass is 79.9. The Morgan fingerprint density at radius 2 is 2.14 bits per heavy atom. The topological polar surface area (TPSA) is 25.2 Å². The van der Waals surface area contributed by atoms with Crippen molar-refractivity contribution in [1.29, 1.82) is 0 Å². The van der Waals surface area contributed by atoms with Gasteiger partial charge in [-0.1, -0.05) is 27.7 Å². The monoisotopic (exact) mass is 259 g/mol. The summed E-state index contributed by atoms with van der Waals surface area (Å²) < 4.78 is 6.54. The lowest BCUT2D eigenvalue weighted by molar-refractivity contribution is 0.239. The molecule has 0 aliphatic heterocycles. The van der Waals surface area contributed by atoms with Crippen molar-refractivity contribution in [2.75, 3.05) is 6.54 Å². The Balaban J connectivity index is 2.95. The molecule has 0 amide bonds. The van der Waals surface area contributed by atoms with E-state index >= 15 is 0 Å². The Hall–Kier alpha value is -0.280. The average molecular weight is 260 g/mol. The number of hydrogen-bond acceptors (Lipinski definition) is 2. The van der Waals surface area contributed by atoms with E-state index in [0.29, 0.717) is 0 Å². The van der Waals surface area contributed by atoms with E-state index in [1.54, 1.807) is 6.26 Å². The first kappa shape index (κ1) is 11.8. The first-order valence-corrected chi connectivity index (χ1v) is 5.72. The van der Waals surface area contributed by atoms with Crippen molar-refractivity contribution >= 4 is 15.9 Å². The lowest BCUT2D eigenvalue weighted by atomic mass is 9.85. The van der Waals surface area contributed by atoms with E-state index < -0.39 is 0 Å². The van der Waals surface area contributed by atoms with Crippen molar-refractivity contribution in [3.05, 3.63) is 22.6 Å². The average Bonchev–Trinajstić information content (AvgIpc) is 2.45. The molecule has 1 aromatic rings. The van der Waals surface area contributed by atoms with E-state index in [2.05, 4.69) is 48.9 Å². The fraction of sp³-hybridized carbons (Fsp3) is 0.636. The molecule has 0 radical (unpaired) electrons. The smallest absolute Gasteiger partial charge is 0.135 e. The molecule has 1 rings (SSSR count). The van der Waals surface area contributed by atoms with Crippen molar-refractivity contribution in [3.8, 4) is 0 Å². The molecule has 1 atom stereocenters. The summed E-state index contributed by atoms with van der Waals surface area (Å²) in [5, 5.41) is 3.44. The van der Waals surface area contributed by atoms with Crippen LogP contribution in [-0.4, -0.2) is 6.54 Å². The predicted molar refractivity (Wildman–Crippen MR) is 62.3 cm³/mol. The van der Waals surface area contributed by atoms with Crippen LogP contribution in [0.1, 0.15) is 39.5 Å². The Morgan fingerprint density at radius 1 is 1.50 bits per heavy atom. The highest BCUT2D eigenvalue weighted by Crippen LogP contribution is 2.36. The normalized spacial score (nSPS) is 14.4. The molecule has 2 nitrogen and oxygen atoms in total. The van der Waals surface area contributed by atoms with Gasteiger partial charge < -0.3 is 9.73 Å². The summed E-state index contributed by atoms with van der Waals surface area (Å²) in [6.07, 6.45) is 1.72. The first-order chi connectivity index (χ1) is 6.46. The maximum Gasteiger partial charge on any atom is 0.135 e. The SMILES string of the molecule is CCNC(c1occc1Br)C(C)(C)C. The van der Waals surface area contributed by atoms with Crippen LogP contribution in [0.5, 0.6) is 0 Å². The fourth-order valence-corrected chi connectivity index (χ4v) is 1.94. The van der Waals surface area contributed by atoms with Gasteiger partial charge in [-0.25, -0.2) is 0 Å². The third-order valence-corrected chi connectivity index (χ3v) is 2.84. The second-order valence-corrected chi connectivity index (χ2v) is 5.34. The van der Waals surface area contributed by atoms with E-state index in [0.717, 1.165) is 16.8 Å². The number of halogens is 1. The van der Waals surface area contributed by atoms with Crippen LogP contribution >= 0.6 is 15.9 Å². The minimum absolute atomic E-state index is 0.149. The molecule has 14 heavy (non-hydrogen) atoms. The summed E-state index contributed by atoms with van der Waals surface area (Å²) in [4.78, 5) is 0. The molecule has 0 aliphatic carbocycles. The van der Waals surface area contributed by atoms with Gasteiger partial charge in [0.05, 0.1) is 16.8 Å². The molecule has 1 unspecified atom stereocenters. The lowest BCUT2D eigenvalue weighted by Gasteiger charge is -2.30. The van der Waals surface area contributed by atoms with E-state index in [-0.39, 0.29) is 11.5 Å². The molecule has 0 aromatic carbocycles. The summed E-state index contributed by atoms with van der Waals surface area (Å²) in [7, 11) is 0. The second kappa shape index (κ2) is 4.49. The second-order valence-electron chi connectivity index (χ2n) is 4.49. The van der Waals surface area contributed by atoms with Gasteiger partial charge in [-0.15, -0.1) is 0 Å². The molecule has 1 heterocycles. The molecule has 0 aliphatic rings. The Bertz CT molecular complexity index is 288. The maximum atomic E-state index is 5.50. The van der Waals surface area contributed by atoms with Crippen molar-refractivity contribution in [3.63, 3.8) is 0 Å². The summed E-state index contributed by atoms with van der Waals surface area (Å²) in [5.74, 6) is 0.986. The minimum atomic E-state index is 0.149. The molecular weight excluding hydrogens is 242 g/mol. The van der Waals surface area contributed by atoms with Crippen molar-refractivity contribution in [2.24, 2.45) is 5.41 Å². The standard InChI is InChI=1S/C11H18BrNO/c1-5-13-10(11(2,3)4)9-8(12)6-7-14-9/h6-7,10,13H,5H2,1-4H3. The minimum Gasteiger partial charge on any atom is -0.466 e. The third kappa shape index (κ3) is 2.61. The van der Waals surface area contributed by atoms with Crippen molar-refractivity contribution in [1.82, 2.24) is 5.32 Å². The fourth-order valence-electron chi connectivity index (χ4n) is 1.51. The number of nitrogens with one attached hydrogen (secondary N) is 1. The van der Waals surface area contributed by atoms with E-state index in [9.17, 15) is 0 Å². The van der Waals surface area contributed by atoms with Gasteiger partial charge in [-0.3, -0.25) is 0 Å². The summed E-state index contributed by atoms with van der Waals surface area (Å²) in [6, 6.07) is 2.18. The zero-order valence-corrected chi connectivity index (χ0v) is 10.8. The Morgan fingerprint density at radius 3 is 2.50 bits per heavy atom. The number of furan rings is 1. The van der Waals surface area contributed by atoms with Gasteiger partial charge in [0.1, 0.15) is 5.76 Å². The molecule has 80 valence electrons. The van der Waals surface area contributed by atoms with Crippen LogP contribution in [0.25, 0.3) is 0 Å². The molecule has 1 aromatic heterocycles. The Labute approximate surface area is 94.2 Å². The number of hydrogen-bond donors (Lipinski definition) is 1. The van der Waals surface area contributed by atoms with E-state index in [4.69, 9.17) is 4.42 Å². The molecule has 0 fully saturated rings. The van der Waals surface area contributed by atoms with Crippen molar-refractivity contribution < 1.29 is 4.42 Å². The van der Waals surface area contributed by atoms with Gasteiger partial charge in [-0.05, 0) is 34.0 Å². The van der Waals surface area contributed by atoms with Crippen molar-refractivity contribution in [2.45, 2.75) is 33.7 Å². The van der Waals surface area contributed by atoms with Crippen LogP contribution in [0.4, 0.5) is 0 Å². The zero-order chi connectivity index (χ0) is 10.8. The van der Waals surface area contributed by atoms with Crippen LogP contribution in [0.2, 0.25) is 0 Å². The quantitative estimate of drug-likeness (QED) is 0.895. The van der Waals surface area contributed by atoms with Crippen LogP contribution in [0.3, 0.4) is 0 Å². The van der Waals surface area contributed by atoms with Gasteiger partial charge in [0.15, 0.2) is 0 Å². The van der Waals surface area contributed by atoms with Gasteiger partial charge in [0.25, 0.3) is 0 Å². The molecular formula is C11H18BrNO. The summed E-state index contributed by atoms with van der Waals surface area (Å²) in [6.45, 7) is 9.66. The summed E-state index contributed by atoms with van der Waals surface area (Å²) >= 11 is 3.50. The molecule has 0 bridgehead atoms. The van der Waals surface area contributed by atoms with Crippen LogP contribution < -0.4 is 5.32 Å². The summed E-state index contributed by atoms with van der Waals surface area (Å²) in [5.41, 5.74) is 0.149. The van der Waals surface area contributed by atoms with Gasteiger partial charge in [0.2, 0.25) is 0 Å². The molecule has 0 saturated carbocycles. The van der Waals surface area contributed by atoms with Crippen LogP contribution in [-0.2, 0) is 0 Å². The lowest BCUT2D eigenvalue weighted by Crippen LogP contribution is -2.32. The molecule has 0 saturated heterocycles. The predicted octanol–water partition coefficient (Wildman–Crippen LogP) is 3.74. The molecule has 0 spiro atoms. The number of rotatable bonds is 3. The first-order valence-electron chi connectivity index (χ1n) is 4.93.